The van der Waals surface area contributed by atoms with Gasteiger partial charge in [-0.15, -0.1) is 0 Å². The van der Waals surface area contributed by atoms with Crippen molar-refractivity contribution in [2.75, 3.05) is 11.9 Å². The summed E-state index contributed by atoms with van der Waals surface area (Å²) in [6, 6.07) is 7.66. The van der Waals surface area contributed by atoms with Gasteiger partial charge in [-0.1, -0.05) is 12.1 Å². The smallest absolute Gasteiger partial charge is 0.227 e. The van der Waals surface area contributed by atoms with E-state index < -0.39 is 0 Å². The molecule has 1 aliphatic heterocycles. The number of carbonyl (C=O) groups is 2. The number of carbonyl (C=O) groups excluding carboxylic acids is 2. The first-order valence-electron chi connectivity index (χ1n) is 8.85. The lowest BCUT2D eigenvalue weighted by Crippen LogP contribution is -2.37. The van der Waals surface area contributed by atoms with Crippen molar-refractivity contribution in [3.8, 4) is 0 Å². The zero-order valence-electron chi connectivity index (χ0n) is 14.4. The van der Waals surface area contributed by atoms with E-state index in [0.717, 1.165) is 36.9 Å². The van der Waals surface area contributed by atoms with Gasteiger partial charge in [-0.2, -0.15) is 0 Å². The second-order valence-corrected chi connectivity index (χ2v) is 7.02. The zero-order valence-corrected chi connectivity index (χ0v) is 14.4. The van der Waals surface area contributed by atoms with Crippen molar-refractivity contribution in [2.24, 2.45) is 11.8 Å². The molecule has 0 spiro atoms. The first kappa shape index (κ1) is 17.0. The monoisotopic (exact) mass is 330 g/mol. The molecule has 5 nitrogen and oxygen atoms in total. The van der Waals surface area contributed by atoms with E-state index in [4.69, 9.17) is 4.74 Å². The maximum atomic E-state index is 12.4. The standard InChI is InChI=1S/C19H26N2O3/c1-12-11-16(9-10-24-12)19(23)20-13(2)14-5-7-17(8-6-14)21-18(22)15-3-4-15/h5-8,12-13,15-16H,3-4,9-11H2,1-2H3,(H,20,23)(H,21,22). The number of rotatable bonds is 5. The number of benzene rings is 1. The Balaban J connectivity index is 1.53. The fourth-order valence-electron chi connectivity index (χ4n) is 3.10. The summed E-state index contributed by atoms with van der Waals surface area (Å²) in [6.45, 7) is 4.65. The van der Waals surface area contributed by atoms with E-state index >= 15 is 0 Å². The van der Waals surface area contributed by atoms with Crippen LogP contribution in [-0.2, 0) is 14.3 Å². The van der Waals surface area contributed by atoms with Crippen LogP contribution in [0.15, 0.2) is 24.3 Å². The molecule has 130 valence electrons. The van der Waals surface area contributed by atoms with E-state index in [0.29, 0.717) is 6.61 Å². The van der Waals surface area contributed by atoms with Crippen molar-refractivity contribution < 1.29 is 14.3 Å². The minimum Gasteiger partial charge on any atom is -0.378 e. The summed E-state index contributed by atoms with van der Waals surface area (Å²) < 4.78 is 5.50. The fraction of sp³-hybridized carbons (Fsp3) is 0.579. The third-order valence-corrected chi connectivity index (χ3v) is 4.84. The van der Waals surface area contributed by atoms with E-state index in [1.807, 2.05) is 38.1 Å². The van der Waals surface area contributed by atoms with Crippen molar-refractivity contribution in [1.82, 2.24) is 5.32 Å². The average molecular weight is 330 g/mol. The van der Waals surface area contributed by atoms with Gasteiger partial charge < -0.3 is 15.4 Å². The lowest BCUT2D eigenvalue weighted by molar-refractivity contribution is -0.130. The van der Waals surface area contributed by atoms with Gasteiger partial charge in [0.1, 0.15) is 0 Å². The minimum atomic E-state index is -0.0520. The minimum absolute atomic E-state index is 0.0355. The van der Waals surface area contributed by atoms with E-state index in [-0.39, 0.29) is 35.8 Å². The molecular formula is C19H26N2O3. The van der Waals surface area contributed by atoms with Crippen molar-refractivity contribution in [2.45, 2.75) is 51.7 Å². The third kappa shape index (κ3) is 4.35. The van der Waals surface area contributed by atoms with Crippen molar-refractivity contribution >= 4 is 17.5 Å². The maximum Gasteiger partial charge on any atom is 0.227 e. The van der Waals surface area contributed by atoms with E-state index in [1.54, 1.807) is 0 Å². The zero-order chi connectivity index (χ0) is 17.1. The van der Waals surface area contributed by atoms with Gasteiger partial charge in [-0.3, -0.25) is 9.59 Å². The van der Waals surface area contributed by atoms with Crippen LogP contribution in [0.1, 0.15) is 51.1 Å². The molecule has 24 heavy (non-hydrogen) atoms. The number of anilines is 1. The van der Waals surface area contributed by atoms with Crippen LogP contribution >= 0.6 is 0 Å². The number of hydrogen-bond donors (Lipinski definition) is 2. The molecular weight excluding hydrogens is 304 g/mol. The molecule has 2 amide bonds. The molecule has 3 atom stereocenters. The van der Waals surface area contributed by atoms with Crippen LogP contribution in [0.4, 0.5) is 5.69 Å². The van der Waals surface area contributed by atoms with Crippen molar-refractivity contribution in [1.29, 1.82) is 0 Å². The summed E-state index contributed by atoms with van der Waals surface area (Å²) in [7, 11) is 0. The Morgan fingerprint density at radius 3 is 2.42 bits per heavy atom. The molecule has 1 aromatic rings. The number of hydrogen-bond acceptors (Lipinski definition) is 3. The second-order valence-electron chi connectivity index (χ2n) is 7.02. The Hall–Kier alpha value is -1.88. The van der Waals surface area contributed by atoms with Gasteiger partial charge in [0, 0.05) is 24.1 Å². The summed E-state index contributed by atoms with van der Waals surface area (Å²) in [5.41, 5.74) is 1.85. The average Bonchev–Trinajstić information content (AvgIpc) is 3.40. The molecule has 0 aromatic heterocycles. The molecule has 1 aromatic carbocycles. The van der Waals surface area contributed by atoms with Crippen LogP contribution < -0.4 is 10.6 Å². The first-order valence-corrected chi connectivity index (χ1v) is 8.85. The Morgan fingerprint density at radius 1 is 1.08 bits per heavy atom. The molecule has 1 heterocycles. The van der Waals surface area contributed by atoms with Crippen molar-refractivity contribution in [3.63, 3.8) is 0 Å². The molecule has 1 saturated carbocycles. The highest BCUT2D eigenvalue weighted by atomic mass is 16.5. The molecule has 2 fully saturated rings. The Kier molecular flexibility index (Phi) is 5.19. The predicted molar refractivity (Wildman–Crippen MR) is 92.5 cm³/mol. The number of ether oxygens (including phenoxy) is 1. The van der Waals surface area contributed by atoms with Gasteiger partial charge in [0.25, 0.3) is 0 Å². The van der Waals surface area contributed by atoms with Crippen LogP contribution in [0.25, 0.3) is 0 Å². The van der Waals surface area contributed by atoms with Gasteiger partial charge in [-0.25, -0.2) is 0 Å². The lowest BCUT2D eigenvalue weighted by atomic mass is 9.94. The van der Waals surface area contributed by atoms with Gasteiger partial charge >= 0.3 is 0 Å². The van der Waals surface area contributed by atoms with Crippen molar-refractivity contribution in [3.05, 3.63) is 29.8 Å². The summed E-state index contributed by atoms with van der Waals surface area (Å²) >= 11 is 0. The van der Waals surface area contributed by atoms with Gasteiger partial charge in [0.05, 0.1) is 12.1 Å². The molecule has 2 N–H and O–H groups in total. The van der Waals surface area contributed by atoms with Crippen LogP contribution in [0.5, 0.6) is 0 Å². The fourth-order valence-corrected chi connectivity index (χ4v) is 3.10. The first-order chi connectivity index (χ1) is 11.5. The number of amides is 2. The maximum absolute atomic E-state index is 12.4. The Labute approximate surface area is 143 Å². The molecule has 3 unspecified atom stereocenters. The largest absolute Gasteiger partial charge is 0.378 e. The number of nitrogens with one attached hydrogen (secondary N) is 2. The van der Waals surface area contributed by atoms with E-state index in [1.165, 1.54) is 0 Å². The van der Waals surface area contributed by atoms with Crippen LogP contribution in [0, 0.1) is 11.8 Å². The summed E-state index contributed by atoms with van der Waals surface area (Å²) in [6.07, 6.45) is 3.72. The topological polar surface area (TPSA) is 67.4 Å². The third-order valence-electron chi connectivity index (χ3n) is 4.84. The molecule has 1 aliphatic carbocycles. The normalized spacial score (nSPS) is 24.9. The van der Waals surface area contributed by atoms with Gasteiger partial charge in [-0.05, 0) is 57.2 Å². The second kappa shape index (κ2) is 7.34. The highest BCUT2D eigenvalue weighted by Crippen LogP contribution is 2.30. The lowest BCUT2D eigenvalue weighted by Gasteiger charge is -2.27. The van der Waals surface area contributed by atoms with Gasteiger partial charge in [0.2, 0.25) is 11.8 Å². The Morgan fingerprint density at radius 2 is 1.79 bits per heavy atom. The highest BCUT2D eigenvalue weighted by molar-refractivity contribution is 5.94. The molecule has 0 bridgehead atoms. The summed E-state index contributed by atoms with van der Waals surface area (Å²) in [5.74, 6) is 0.444. The molecule has 2 aliphatic rings. The quantitative estimate of drug-likeness (QED) is 0.872. The van der Waals surface area contributed by atoms with Crippen LogP contribution in [0.2, 0.25) is 0 Å². The predicted octanol–water partition coefficient (Wildman–Crippen LogP) is 3.03. The van der Waals surface area contributed by atoms with Crippen LogP contribution in [0.3, 0.4) is 0 Å². The SMILES string of the molecule is CC1CC(C(=O)NC(C)c2ccc(NC(=O)C3CC3)cc2)CCO1. The Bertz CT molecular complexity index is 595. The highest BCUT2D eigenvalue weighted by Gasteiger charge is 2.29. The van der Waals surface area contributed by atoms with E-state index in [2.05, 4.69) is 10.6 Å². The van der Waals surface area contributed by atoms with E-state index in [9.17, 15) is 9.59 Å². The summed E-state index contributed by atoms with van der Waals surface area (Å²) in [4.78, 5) is 24.2. The molecule has 1 saturated heterocycles. The molecule has 5 heteroatoms. The molecule has 3 rings (SSSR count). The summed E-state index contributed by atoms with van der Waals surface area (Å²) in [5, 5.41) is 6.02. The van der Waals surface area contributed by atoms with Crippen LogP contribution in [-0.4, -0.2) is 24.5 Å². The molecule has 0 radical (unpaired) electrons. The van der Waals surface area contributed by atoms with Gasteiger partial charge in [0.15, 0.2) is 0 Å².